The Hall–Kier alpha value is -2.95. The van der Waals surface area contributed by atoms with Crippen molar-refractivity contribution in [1.82, 2.24) is 0 Å². The van der Waals surface area contributed by atoms with Crippen LogP contribution in [-0.2, 0) is 14.3 Å². The van der Waals surface area contributed by atoms with E-state index < -0.39 is 11.9 Å². The summed E-state index contributed by atoms with van der Waals surface area (Å²) in [5.74, 6) is -1.42. The van der Waals surface area contributed by atoms with Crippen molar-refractivity contribution >= 4 is 23.3 Å². The Morgan fingerprint density at radius 2 is 1.76 bits per heavy atom. The predicted octanol–water partition coefficient (Wildman–Crippen LogP) is 2.77. The van der Waals surface area contributed by atoms with E-state index in [4.69, 9.17) is 4.74 Å². The lowest BCUT2D eigenvalue weighted by atomic mass is 10.1. The first-order chi connectivity index (χ1) is 12.0. The van der Waals surface area contributed by atoms with E-state index >= 15 is 0 Å². The van der Waals surface area contributed by atoms with Gasteiger partial charge in [0.05, 0.1) is 5.92 Å². The summed E-state index contributed by atoms with van der Waals surface area (Å²) in [6.07, 6.45) is 0.103. The molecule has 1 atom stereocenters. The van der Waals surface area contributed by atoms with Gasteiger partial charge >= 0.3 is 5.97 Å². The van der Waals surface area contributed by atoms with E-state index in [0.29, 0.717) is 5.56 Å². The third-order valence-corrected chi connectivity index (χ3v) is 4.25. The number of hydrogen-bond donors (Lipinski definition) is 0. The molecule has 1 aliphatic rings. The quantitative estimate of drug-likeness (QED) is 0.622. The zero-order chi connectivity index (χ0) is 17.8. The highest BCUT2D eigenvalue weighted by Gasteiger charge is 2.36. The van der Waals surface area contributed by atoms with Crippen LogP contribution in [0.3, 0.4) is 0 Å². The third-order valence-electron chi connectivity index (χ3n) is 4.25. The second kappa shape index (κ2) is 7.30. The van der Waals surface area contributed by atoms with Crippen LogP contribution in [-0.4, -0.2) is 30.8 Å². The summed E-state index contributed by atoms with van der Waals surface area (Å²) in [5, 5.41) is 0. The topological polar surface area (TPSA) is 63.7 Å². The van der Waals surface area contributed by atoms with Crippen LogP contribution in [0.4, 0.5) is 5.69 Å². The number of anilines is 1. The highest BCUT2D eigenvalue weighted by molar-refractivity contribution is 6.01. The zero-order valence-corrected chi connectivity index (χ0v) is 14.0. The molecule has 1 fully saturated rings. The molecule has 0 spiro atoms. The van der Waals surface area contributed by atoms with Crippen molar-refractivity contribution in [3.8, 4) is 0 Å². The van der Waals surface area contributed by atoms with Gasteiger partial charge in [-0.15, -0.1) is 0 Å². The number of benzene rings is 2. The minimum absolute atomic E-state index is 0.103. The average molecular weight is 337 g/mol. The Labute approximate surface area is 146 Å². The molecule has 1 saturated heterocycles. The van der Waals surface area contributed by atoms with Crippen LogP contribution in [0.1, 0.15) is 22.3 Å². The van der Waals surface area contributed by atoms with Crippen LogP contribution in [0.2, 0.25) is 0 Å². The summed E-state index contributed by atoms with van der Waals surface area (Å²) < 4.78 is 5.13. The number of ether oxygens (including phenoxy) is 1. The minimum atomic E-state index is -0.544. The number of aryl methyl sites for hydroxylation is 1. The van der Waals surface area contributed by atoms with Gasteiger partial charge in [0.25, 0.3) is 0 Å². The monoisotopic (exact) mass is 337 g/mol. The van der Waals surface area contributed by atoms with E-state index in [9.17, 15) is 14.4 Å². The maximum Gasteiger partial charge on any atom is 0.311 e. The van der Waals surface area contributed by atoms with Crippen LogP contribution in [0, 0.1) is 12.8 Å². The molecule has 0 bridgehead atoms. The fourth-order valence-corrected chi connectivity index (χ4v) is 2.80. The average Bonchev–Trinajstić information content (AvgIpc) is 3.02. The van der Waals surface area contributed by atoms with Crippen molar-refractivity contribution in [2.45, 2.75) is 13.3 Å². The minimum Gasteiger partial charge on any atom is -0.457 e. The first-order valence-electron chi connectivity index (χ1n) is 8.16. The van der Waals surface area contributed by atoms with Gasteiger partial charge in [0.2, 0.25) is 5.91 Å². The molecule has 1 heterocycles. The number of esters is 1. The Bertz CT molecular complexity index is 783. The normalized spacial score (nSPS) is 16.8. The SMILES string of the molecule is Cc1ccc(N2C[C@@H](C(=O)OCC(=O)c3ccccc3)CC2=O)cc1. The second-order valence-corrected chi connectivity index (χ2v) is 6.14. The molecule has 0 aliphatic carbocycles. The lowest BCUT2D eigenvalue weighted by Crippen LogP contribution is -2.27. The molecule has 0 saturated carbocycles. The summed E-state index contributed by atoms with van der Waals surface area (Å²) >= 11 is 0. The van der Waals surface area contributed by atoms with E-state index in [1.54, 1.807) is 29.2 Å². The van der Waals surface area contributed by atoms with E-state index in [0.717, 1.165) is 11.3 Å². The van der Waals surface area contributed by atoms with Crippen molar-refractivity contribution < 1.29 is 19.1 Å². The largest absolute Gasteiger partial charge is 0.457 e. The summed E-state index contributed by atoms with van der Waals surface area (Å²) in [5.41, 5.74) is 2.37. The van der Waals surface area contributed by atoms with Crippen molar-refractivity contribution in [2.75, 3.05) is 18.1 Å². The molecule has 0 N–H and O–H groups in total. The summed E-state index contributed by atoms with van der Waals surface area (Å²) in [6.45, 7) is 1.94. The Balaban J connectivity index is 1.57. The van der Waals surface area contributed by atoms with E-state index in [-0.39, 0.29) is 31.3 Å². The summed E-state index contributed by atoms with van der Waals surface area (Å²) in [6, 6.07) is 16.2. The van der Waals surface area contributed by atoms with Crippen LogP contribution >= 0.6 is 0 Å². The first-order valence-corrected chi connectivity index (χ1v) is 8.16. The molecule has 5 heteroatoms. The fraction of sp³-hybridized carbons (Fsp3) is 0.250. The molecule has 2 aromatic rings. The third kappa shape index (κ3) is 3.94. The molecular formula is C20H19NO4. The number of nitrogens with zero attached hydrogens (tertiary/aromatic N) is 1. The number of carbonyl (C=O) groups is 3. The van der Waals surface area contributed by atoms with Gasteiger partial charge in [-0.1, -0.05) is 48.0 Å². The van der Waals surface area contributed by atoms with Gasteiger partial charge < -0.3 is 9.64 Å². The van der Waals surface area contributed by atoms with E-state index in [1.165, 1.54) is 0 Å². The predicted molar refractivity (Wildman–Crippen MR) is 93.4 cm³/mol. The summed E-state index contributed by atoms with van der Waals surface area (Å²) in [4.78, 5) is 38.0. The van der Waals surface area contributed by atoms with Gasteiger partial charge in [-0.05, 0) is 19.1 Å². The number of hydrogen-bond acceptors (Lipinski definition) is 4. The number of Topliss-reactive ketones (excluding diaryl/α,β-unsaturated/α-hetero) is 1. The molecule has 3 rings (SSSR count). The highest BCUT2D eigenvalue weighted by Crippen LogP contribution is 2.26. The molecule has 0 unspecified atom stereocenters. The van der Waals surface area contributed by atoms with Gasteiger partial charge in [-0.3, -0.25) is 14.4 Å². The zero-order valence-electron chi connectivity index (χ0n) is 14.0. The molecule has 128 valence electrons. The standard InChI is InChI=1S/C20H19NO4/c1-14-7-9-17(10-8-14)21-12-16(11-19(21)23)20(24)25-13-18(22)15-5-3-2-4-6-15/h2-10,16H,11-13H2,1H3/t16-/m0/s1. The van der Waals surface area contributed by atoms with Crippen LogP contribution in [0.5, 0.6) is 0 Å². The lowest BCUT2D eigenvalue weighted by Gasteiger charge is -2.16. The molecular weight excluding hydrogens is 318 g/mol. The van der Waals surface area contributed by atoms with Crippen molar-refractivity contribution in [3.05, 3.63) is 65.7 Å². The Morgan fingerprint density at radius 1 is 1.08 bits per heavy atom. The van der Waals surface area contributed by atoms with E-state index in [1.807, 2.05) is 37.3 Å². The van der Waals surface area contributed by atoms with Gasteiger partial charge in [0.1, 0.15) is 0 Å². The highest BCUT2D eigenvalue weighted by atomic mass is 16.5. The van der Waals surface area contributed by atoms with Crippen molar-refractivity contribution in [1.29, 1.82) is 0 Å². The van der Waals surface area contributed by atoms with Crippen LogP contribution in [0.15, 0.2) is 54.6 Å². The Morgan fingerprint density at radius 3 is 2.44 bits per heavy atom. The van der Waals surface area contributed by atoms with Crippen molar-refractivity contribution in [3.63, 3.8) is 0 Å². The van der Waals surface area contributed by atoms with Gasteiger partial charge in [0.15, 0.2) is 12.4 Å². The molecule has 5 nitrogen and oxygen atoms in total. The molecule has 2 aromatic carbocycles. The van der Waals surface area contributed by atoms with Gasteiger partial charge in [-0.2, -0.15) is 0 Å². The molecule has 1 aliphatic heterocycles. The number of amides is 1. The maximum absolute atomic E-state index is 12.2. The van der Waals surface area contributed by atoms with Gasteiger partial charge in [0, 0.05) is 24.2 Å². The number of ketones is 1. The van der Waals surface area contributed by atoms with E-state index in [2.05, 4.69) is 0 Å². The smallest absolute Gasteiger partial charge is 0.311 e. The Kier molecular flexibility index (Phi) is 4.93. The van der Waals surface area contributed by atoms with Crippen LogP contribution in [0.25, 0.3) is 0 Å². The maximum atomic E-state index is 12.2. The summed E-state index contributed by atoms with van der Waals surface area (Å²) in [7, 11) is 0. The molecule has 25 heavy (non-hydrogen) atoms. The lowest BCUT2D eigenvalue weighted by molar-refractivity contribution is -0.147. The van der Waals surface area contributed by atoms with Crippen molar-refractivity contribution in [2.24, 2.45) is 5.92 Å². The van der Waals surface area contributed by atoms with Gasteiger partial charge in [-0.25, -0.2) is 0 Å². The van der Waals surface area contributed by atoms with Crippen LogP contribution < -0.4 is 4.90 Å². The molecule has 0 aromatic heterocycles. The second-order valence-electron chi connectivity index (χ2n) is 6.14. The molecule has 1 amide bonds. The fourth-order valence-electron chi connectivity index (χ4n) is 2.80. The first kappa shape index (κ1) is 16.9. The molecule has 0 radical (unpaired) electrons. The number of rotatable bonds is 5. The number of carbonyl (C=O) groups excluding carboxylic acids is 3.